The molecule has 2 heterocycles. The Hall–Kier alpha value is -3.29. The van der Waals surface area contributed by atoms with Crippen LogP contribution in [0, 0.1) is 0 Å². The number of hydrogen-bond acceptors (Lipinski definition) is 6. The summed E-state index contributed by atoms with van der Waals surface area (Å²) in [5.74, 6) is -0.923. The van der Waals surface area contributed by atoms with Crippen molar-refractivity contribution in [3.05, 3.63) is 75.8 Å². The minimum absolute atomic E-state index is 0.389. The van der Waals surface area contributed by atoms with Crippen molar-refractivity contribution in [1.82, 2.24) is 9.97 Å². The summed E-state index contributed by atoms with van der Waals surface area (Å²) >= 11 is 7.25. The highest BCUT2D eigenvalue weighted by molar-refractivity contribution is 7.14. The van der Waals surface area contributed by atoms with Crippen LogP contribution in [0.1, 0.15) is 47.3 Å². The first-order valence-corrected chi connectivity index (χ1v) is 12.9. The highest BCUT2D eigenvalue weighted by Crippen LogP contribution is 2.29. The van der Waals surface area contributed by atoms with Crippen LogP contribution in [0.2, 0.25) is 5.02 Å². The fourth-order valence-electron chi connectivity index (χ4n) is 4.40. The van der Waals surface area contributed by atoms with E-state index >= 15 is 0 Å². The largest absolute Gasteiger partial charge is 0.452 e. The molecular weight excluding hydrogens is 482 g/mol. The SMILES string of the molecule is O=C(COC(=O)c1c2c(nc3ccccc13)CCCCCC2)Nc1nc(-c2ccc(Cl)cc2)cs1. The van der Waals surface area contributed by atoms with Crippen LogP contribution in [-0.2, 0) is 22.4 Å². The van der Waals surface area contributed by atoms with Crippen molar-refractivity contribution >= 4 is 50.8 Å². The van der Waals surface area contributed by atoms with Gasteiger partial charge in [0.1, 0.15) is 0 Å². The fourth-order valence-corrected chi connectivity index (χ4v) is 5.26. The molecule has 2 aromatic carbocycles. The van der Waals surface area contributed by atoms with E-state index in [1.807, 2.05) is 41.8 Å². The first kappa shape index (κ1) is 23.5. The van der Waals surface area contributed by atoms with Crippen LogP contribution in [0.25, 0.3) is 22.2 Å². The summed E-state index contributed by atoms with van der Waals surface area (Å²) in [5, 5.41) is 6.43. The van der Waals surface area contributed by atoms with Crippen molar-refractivity contribution in [2.75, 3.05) is 11.9 Å². The number of aryl methyl sites for hydroxylation is 1. The number of halogens is 1. The molecule has 0 fully saturated rings. The number of nitrogens with zero attached hydrogens (tertiary/aromatic N) is 2. The molecule has 8 heteroatoms. The molecule has 1 N–H and O–H groups in total. The number of aromatic nitrogens is 2. The Morgan fingerprint density at radius 2 is 1.74 bits per heavy atom. The molecule has 1 aliphatic rings. The van der Waals surface area contributed by atoms with E-state index in [4.69, 9.17) is 21.3 Å². The third-order valence-electron chi connectivity index (χ3n) is 6.10. The molecule has 0 bridgehead atoms. The van der Waals surface area contributed by atoms with Gasteiger partial charge in [-0.05, 0) is 49.4 Å². The maximum atomic E-state index is 13.2. The van der Waals surface area contributed by atoms with Crippen LogP contribution >= 0.6 is 22.9 Å². The van der Waals surface area contributed by atoms with Gasteiger partial charge in [0, 0.05) is 27.0 Å². The summed E-state index contributed by atoms with van der Waals surface area (Å²) in [7, 11) is 0. The number of anilines is 1. The molecule has 0 saturated heterocycles. The molecule has 178 valence electrons. The molecule has 0 unspecified atom stereocenters. The van der Waals surface area contributed by atoms with Crippen LogP contribution in [0.15, 0.2) is 53.9 Å². The second-order valence-electron chi connectivity index (χ2n) is 8.51. The molecule has 0 atom stereocenters. The number of benzene rings is 2. The number of carbonyl (C=O) groups is 2. The number of pyridine rings is 1. The average molecular weight is 506 g/mol. The highest BCUT2D eigenvalue weighted by Gasteiger charge is 2.23. The van der Waals surface area contributed by atoms with Gasteiger partial charge in [-0.2, -0.15) is 0 Å². The Labute approximate surface area is 212 Å². The van der Waals surface area contributed by atoms with Gasteiger partial charge < -0.3 is 4.74 Å². The molecule has 4 aromatic rings. The molecule has 5 rings (SSSR count). The van der Waals surface area contributed by atoms with Gasteiger partial charge in [0.15, 0.2) is 11.7 Å². The van der Waals surface area contributed by atoms with Gasteiger partial charge in [-0.15, -0.1) is 11.3 Å². The summed E-state index contributed by atoms with van der Waals surface area (Å²) in [5.41, 5.74) is 4.89. The van der Waals surface area contributed by atoms with Gasteiger partial charge in [-0.25, -0.2) is 9.78 Å². The summed E-state index contributed by atoms with van der Waals surface area (Å²) < 4.78 is 5.50. The monoisotopic (exact) mass is 505 g/mol. The van der Waals surface area contributed by atoms with Crippen molar-refractivity contribution in [1.29, 1.82) is 0 Å². The van der Waals surface area contributed by atoms with Crippen LogP contribution in [0.5, 0.6) is 0 Å². The zero-order valence-electron chi connectivity index (χ0n) is 19.1. The van der Waals surface area contributed by atoms with E-state index in [1.54, 1.807) is 12.1 Å². The second-order valence-corrected chi connectivity index (χ2v) is 9.81. The van der Waals surface area contributed by atoms with Crippen LogP contribution in [0.4, 0.5) is 5.13 Å². The van der Waals surface area contributed by atoms with E-state index in [0.717, 1.165) is 65.5 Å². The Bertz CT molecular complexity index is 1380. The van der Waals surface area contributed by atoms with Crippen molar-refractivity contribution < 1.29 is 14.3 Å². The summed E-state index contributed by atoms with van der Waals surface area (Å²) in [6.45, 7) is -0.389. The van der Waals surface area contributed by atoms with E-state index in [-0.39, 0.29) is 6.61 Å². The van der Waals surface area contributed by atoms with Gasteiger partial charge in [0.2, 0.25) is 0 Å². The lowest BCUT2D eigenvalue weighted by Crippen LogP contribution is -2.22. The third-order valence-corrected chi connectivity index (χ3v) is 7.11. The maximum Gasteiger partial charge on any atom is 0.339 e. The Morgan fingerprint density at radius 1 is 0.971 bits per heavy atom. The van der Waals surface area contributed by atoms with E-state index in [1.165, 1.54) is 17.8 Å². The molecule has 1 amide bonds. The number of thiazole rings is 1. The number of hydrogen-bond donors (Lipinski definition) is 1. The summed E-state index contributed by atoms with van der Waals surface area (Å²) in [6, 6.07) is 14.9. The molecule has 0 spiro atoms. The van der Waals surface area contributed by atoms with Crippen molar-refractivity contribution in [3.8, 4) is 11.3 Å². The number of fused-ring (bicyclic) bond motifs is 2. The number of esters is 1. The number of amides is 1. The quantitative estimate of drug-likeness (QED) is 0.314. The Balaban J connectivity index is 1.30. The second kappa shape index (κ2) is 10.5. The number of carbonyl (C=O) groups excluding carboxylic acids is 2. The number of para-hydroxylation sites is 1. The molecular formula is C27H24ClN3O3S. The number of nitrogens with one attached hydrogen (secondary N) is 1. The van der Waals surface area contributed by atoms with Gasteiger partial charge in [0.05, 0.1) is 16.8 Å². The predicted molar refractivity (Wildman–Crippen MR) is 139 cm³/mol. The lowest BCUT2D eigenvalue weighted by Gasteiger charge is -2.18. The molecule has 0 saturated carbocycles. The minimum Gasteiger partial charge on any atom is -0.452 e. The van der Waals surface area contributed by atoms with Gasteiger partial charge in [0.25, 0.3) is 5.91 Å². The van der Waals surface area contributed by atoms with Crippen LogP contribution in [0.3, 0.4) is 0 Å². The standard InChI is InChI=1S/C27H24ClN3O3S/c28-18-13-11-17(12-14-18)23-16-35-27(30-23)31-24(32)15-34-26(33)25-19-7-3-1-2-4-9-21(19)29-22-10-6-5-8-20(22)25/h5-6,8,10-14,16H,1-4,7,9,15H2,(H,30,31,32). The fraction of sp³-hybridized carbons (Fsp3) is 0.259. The maximum absolute atomic E-state index is 13.2. The summed E-state index contributed by atoms with van der Waals surface area (Å²) in [6.07, 6.45) is 6.01. The smallest absolute Gasteiger partial charge is 0.339 e. The normalized spacial score (nSPS) is 13.5. The predicted octanol–water partition coefficient (Wildman–Crippen LogP) is 6.47. The van der Waals surface area contributed by atoms with Gasteiger partial charge in [-0.1, -0.05) is 54.8 Å². The van der Waals surface area contributed by atoms with Crippen molar-refractivity contribution in [2.24, 2.45) is 0 Å². The Kier molecular flexibility index (Phi) is 7.06. The Morgan fingerprint density at radius 3 is 2.57 bits per heavy atom. The van der Waals surface area contributed by atoms with Crippen LogP contribution < -0.4 is 5.32 Å². The lowest BCUT2D eigenvalue weighted by molar-refractivity contribution is -0.119. The minimum atomic E-state index is -0.489. The lowest BCUT2D eigenvalue weighted by atomic mass is 9.91. The van der Waals surface area contributed by atoms with Crippen molar-refractivity contribution in [3.63, 3.8) is 0 Å². The van der Waals surface area contributed by atoms with Gasteiger partial charge >= 0.3 is 5.97 Å². The molecule has 35 heavy (non-hydrogen) atoms. The van der Waals surface area contributed by atoms with E-state index < -0.39 is 11.9 Å². The number of ether oxygens (including phenoxy) is 1. The molecule has 6 nitrogen and oxygen atoms in total. The zero-order chi connectivity index (χ0) is 24.2. The highest BCUT2D eigenvalue weighted by atomic mass is 35.5. The molecule has 1 aliphatic carbocycles. The van der Waals surface area contributed by atoms with E-state index in [0.29, 0.717) is 15.7 Å². The molecule has 0 radical (unpaired) electrons. The first-order chi connectivity index (χ1) is 17.1. The zero-order valence-corrected chi connectivity index (χ0v) is 20.6. The molecule has 2 aromatic heterocycles. The summed E-state index contributed by atoms with van der Waals surface area (Å²) in [4.78, 5) is 35.1. The van der Waals surface area contributed by atoms with Gasteiger partial charge in [-0.3, -0.25) is 15.1 Å². The topological polar surface area (TPSA) is 81.2 Å². The van der Waals surface area contributed by atoms with E-state index in [9.17, 15) is 9.59 Å². The van der Waals surface area contributed by atoms with E-state index in [2.05, 4.69) is 10.3 Å². The third kappa shape index (κ3) is 5.36. The number of rotatable bonds is 5. The van der Waals surface area contributed by atoms with Crippen molar-refractivity contribution in [2.45, 2.75) is 38.5 Å². The molecule has 0 aliphatic heterocycles. The average Bonchev–Trinajstić information content (AvgIpc) is 3.31. The van der Waals surface area contributed by atoms with Crippen LogP contribution in [-0.4, -0.2) is 28.5 Å². The first-order valence-electron chi connectivity index (χ1n) is 11.7.